The Morgan fingerprint density at radius 3 is 2.37 bits per heavy atom. The Hall–Kier alpha value is -1.10. The molecule has 0 bridgehead atoms. The first-order valence-electron chi connectivity index (χ1n) is 6.16. The molecule has 2 atom stereocenters. The summed E-state index contributed by atoms with van der Waals surface area (Å²) < 4.78 is 56.4. The molecule has 0 spiro atoms. The van der Waals surface area contributed by atoms with Gasteiger partial charge in [-0.05, 0) is 23.6 Å². The van der Waals surface area contributed by atoms with Gasteiger partial charge in [0.05, 0.1) is 12.2 Å². The molecule has 1 unspecified atom stereocenters. The Labute approximate surface area is 110 Å². The number of halogens is 4. The van der Waals surface area contributed by atoms with Crippen LogP contribution >= 0.6 is 0 Å². The second-order valence-corrected chi connectivity index (χ2v) is 4.68. The standard InChI is InChI=1S/C14H18F4O/c1-4-9(2)11(8-19-3)10-5-6-13(15)12(7-10)14(16,17)18/h5-7,9,11H,4,8H2,1-3H3/t9?,11-/m1/s1. The minimum Gasteiger partial charge on any atom is -0.384 e. The molecule has 0 aromatic heterocycles. The number of hydrogen-bond acceptors (Lipinski definition) is 1. The maximum absolute atomic E-state index is 13.2. The first kappa shape index (κ1) is 16.0. The molecule has 0 N–H and O–H groups in total. The fourth-order valence-corrected chi connectivity index (χ4v) is 2.04. The summed E-state index contributed by atoms with van der Waals surface area (Å²) in [6, 6.07) is 3.18. The van der Waals surface area contributed by atoms with Gasteiger partial charge in [-0.1, -0.05) is 26.3 Å². The van der Waals surface area contributed by atoms with Crippen LogP contribution in [0.4, 0.5) is 17.6 Å². The van der Waals surface area contributed by atoms with Gasteiger partial charge in [0.1, 0.15) is 5.82 Å². The SMILES string of the molecule is CCC(C)[C@@H](COC)c1ccc(F)c(C(F)(F)F)c1. The molecule has 0 aliphatic carbocycles. The molecule has 0 aliphatic rings. The molecule has 0 radical (unpaired) electrons. The molecule has 19 heavy (non-hydrogen) atoms. The fraction of sp³-hybridized carbons (Fsp3) is 0.571. The fourth-order valence-electron chi connectivity index (χ4n) is 2.04. The third-order valence-electron chi connectivity index (χ3n) is 3.40. The monoisotopic (exact) mass is 278 g/mol. The molecular formula is C14H18F4O. The molecule has 1 aromatic rings. The molecular weight excluding hydrogens is 260 g/mol. The maximum Gasteiger partial charge on any atom is 0.419 e. The predicted molar refractivity (Wildman–Crippen MR) is 65.5 cm³/mol. The highest BCUT2D eigenvalue weighted by Crippen LogP contribution is 2.35. The zero-order valence-electron chi connectivity index (χ0n) is 11.2. The van der Waals surface area contributed by atoms with Crippen molar-refractivity contribution in [3.8, 4) is 0 Å². The predicted octanol–water partition coefficient (Wildman–Crippen LogP) is 4.62. The van der Waals surface area contributed by atoms with E-state index in [1.807, 2.05) is 13.8 Å². The normalized spacial score (nSPS) is 15.3. The van der Waals surface area contributed by atoms with Crippen LogP contribution in [0.15, 0.2) is 18.2 Å². The summed E-state index contributed by atoms with van der Waals surface area (Å²) >= 11 is 0. The van der Waals surface area contributed by atoms with Crippen LogP contribution in [0.5, 0.6) is 0 Å². The molecule has 0 fully saturated rings. The molecule has 1 rings (SSSR count). The number of ether oxygens (including phenoxy) is 1. The summed E-state index contributed by atoms with van der Waals surface area (Å²) in [7, 11) is 1.50. The van der Waals surface area contributed by atoms with Crippen LogP contribution in [0.1, 0.15) is 37.3 Å². The van der Waals surface area contributed by atoms with E-state index in [4.69, 9.17) is 4.74 Å². The van der Waals surface area contributed by atoms with Gasteiger partial charge in [-0.3, -0.25) is 0 Å². The summed E-state index contributed by atoms with van der Waals surface area (Å²) in [5.41, 5.74) is -0.751. The van der Waals surface area contributed by atoms with Crippen molar-refractivity contribution in [1.82, 2.24) is 0 Å². The molecule has 5 heteroatoms. The molecule has 0 saturated heterocycles. The number of alkyl halides is 3. The van der Waals surface area contributed by atoms with Gasteiger partial charge in [0, 0.05) is 13.0 Å². The van der Waals surface area contributed by atoms with Gasteiger partial charge in [-0.2, -0.15) is 13.2 Å². The van der Waals surface area contributed by atoms with E-state index in [0.29, 0.717) is 12.2 Å². The molecule has 1 nitrogen and oxygen atoms in total. The van der Waals surface area contributed by atoms with E-state index in [0.717, 1.165) is 18.6 Å². The van der Waals surface area contributed by atoms with Gasteiger partial charge in [0.25, 0.3) is 0 Å². The van der Waals surface area contributed by atoms with Crippen LogP contribution < -0.4 is 0 Å². The van der Waals surface area contributed by atoms with E-state index >= 15 is 0 Å². The first-order valence-corrected chi connectivity index (χ1v) is 6.16. The van der Waals surface area contributed by atoms with Gasteiger partial charge in [-0.25, -0.2) is 4.39 Å². The molecule has 108 valence electrons. The Bertz CT molecular complexity index is 414. The Balaban J connectivity index is 3.18. The lowest BCUT2D eigenvalue weighted by molar-refractivity contribution is -0.140. The summed E-state index contributed by atoms with van der Waals surface area (Å²) in [6.07, 6.45) is -3.86. The van der Waals surface area contributed by atoms with Crippen LogP contribution in [0.3, 0.4) is 0 Å². The lowest BCUT2D eigenvalue weighted by Gasteiger charge is -2.23. The van der Waals surface area contributed by atoms with Crippen molar-refractivity contribution in [1.29, 1.82) is 0 Å². The molecule has 0 aliphatic heterocycles. The highest BCUT2D eigenvalue weighted by Gasteiger charge is 2.35. The number of methoxy groups -OCH3 is 1. The zero-order valence-corrected chi connectivity index (χ0v) is 11.2. The van der Waals surface area contributed by atoms with E-state index in [9.17, 15) is 17.6 Å². The summed E-state index contributed by atoms with van der Waals surface area (Å²) in [4.78, 5) is 0. The van der Waals surface area contributed by atoms with Crippen LogP contribution in [0.25, 0.3) is 0 Å². The topological polar surface area (TPSA) is 9.23 Å². The summed E-state index contributed by atoms with van der Waals surface area (Å²) in [6.45, 7) is 4.22. The van der Waals surface area contributed by atoms with Crippen molar-refractivity contribution >= 4 is 0 Å². The van der Waals surface area contributed by atoms with Crippen LogP contribution in [-0.2, 0) is 10.9 Å². The number of rotatable bonds is 5. The van der Waals surface area contributed by atoms with Gasteiger partial charge >= 0.3 is 6.18 Å². The Morgan fingerprint density at radius 2 is 1.89 bits per heavy atom. The Morgan fingerprint density at radius 1 is 1.26 bits per heavy atom. The quantitative estimate of drug-likeness (QED) is 0.714. The number of benzene rings is 1. The van der Waals surface area contributed by atoms with E-state index < -0.39 is 17.6 Å². The highest BCUT2D eigenvalue weighted by atomic mass is 19.4. The van der Waals surface area contributed by atoms with E-state index in [1.54, 1.807) is 0 Å². The van der Waals surface area contributed by atoms with Crippen molar-refractivity contribution in [2.75, 3.05) is 13.7 Å². The highest BCUT2D eigenvalue weighted by molar-refractivity contribution is 5.30. The first-order chi connectivity index (χ1) is 8.81. The average Bonchev–Trinajstić information content (AvgIpc) is 2.34. The third kappa shape index (κ3) is 3.93. The van der Waals surface area contributed by atoms with E-state index in [-0.39, 0.29) is 11.8 Å². The lowest BCUT2D eigenvalue weighted by Crippen LogP contribution is -2.17. The van der Waals surface area contributed by atoms with Crippen LogP contribution in [0.2, 0.25) is 0 Å². The van der Waals surface area contributed by atoms with Crippen molar-refractivity contribution in [2.45, 2.75) is 32.4 Å². The lowest BCUT2D eigenvalue weighted by atomic mass is 9.85. The molecule has 0 heterocycles. The average molecular weight is 278 g/mol. The van der Waals surface area contributed by atoms with Crippen molar-refractivity contribution in [3.63, 3.8) is 0 Å². The largest absolute Gasteiger partial charge is 0.419 e. The van der Waals surface area contributed by atoms with Crippen LogP contribution in [0, 0.1) is 11.7 Å². The Kier molecular flexibility index (Phi) is 5.35. The van der Waals surface area contributed by atoms with E-state index in [2.05, 4.69) is 0 Å². The zero-order chi connectivity index (χ0) is 14.6. The molecule has 0 saturated carbocycles. The second kappa shape index (κ2) is 6.37. The minimum absolute atomic E-state index is 0.159. The molecule has 1 aromatic carbocycles. The molecule has 0 amide bonds. The van der Waals surface area contributed by atoms with Gasteiger partial charge < -0.3 is 4.74 Å². The summed E-state index contributed by atoms with van der Waals surface area (Å²) in [5, 5.41) is 0. The van der Waals surface area contributed by atoms with E-state index in [1.165, 1.54) is 13.2 Å². The number of hydrogen-bond donors (Lipinski definition) is 0. The van der Waals surface area contributed by atoms with Crippen molar-refractivity contribution in [2.24, 2.45) is 5.92 Å². The smallest absolute Gasteiger partial charge is 0.384 e. The van der Waals surface area contributed by atoms with Gasteiger partial charge in [-0.15, -0.1) is 0 Å². The van der Waals surface area contributed by atoms with Crippen LogP contribution in [-0.4, -0.2) is 13.7 Å². The minimum atomic E-state index is -4.67. The summed E-state index contributed by atoms with van der Waals surface area (Å²) in [5.74, 6) is -1.25. The van der Waals surface area contributed by atoms with Gasteiger partial charge in [0.2, 0.25) is 0 Å². The van der Waals surface area contributed by atoms with Crippen molar-refractivity contribution < 1.29 is 22.3 Å². The van der Waals surface area contributed by atoms with Crippen molar-refractivity contribution in [3.05, 3.63) is 35.1 Å². The third-order valence-corrected chi connectivity index (χ3v) is 3.40. The second-order valence-electron chi connectivity index (χ2n) is 4.68. The maximum atomic E-state index is 13.2. The van der Waals surface area contributed by atoms with Gasteiger partial charge in [0.15, 0.2) is 0 Å².